The lowest BCUT2D eigenvalue weighted by Crippen LogP contribution is -2.17. The van der Waals surface area contributed by atoms with Crippen molar-refractivity contribution in [1.82, 2.24) is 9.78 Å². The summed E-state index contributed by atoms with van der Waals surface area (Å²) in [6.07, 6.45) is 4.47. The number of nitrogens with one attached hydrogen (secondary N) is 1. The molecule has 2 heterocycles. The molecule has 0 spiro atoms. The van der Waals surface area contributed by atoms with Crippen molar-refractivity contribution in [1.29, 1.82) is 0 Å². The third-order valence-electron chi connectivity index (χ3n) is 3.73. The molecule has 1 saturated heterocycles. The first kappa shape index (κ1) is 12.1. The highest BCUT2D eigenvalue weighted by Crippen LogP contribution is 2.22. The van der Waals surface area contributed by atoms with Crippen molar-refractivity contribution in [2.24, 2.45) is 7.05 Å². The summed E-state index contributed by atoms with van der Waals surface area (Å²) in [7, 11) is 1.97. The zero-order valence-electron chi connectivity index (χ0n) is 11.3. The summed E-state index contributed by atoms with van der Waals surface area (Å²) >= 11 is 0. The van der Waals surface area contributed by atoms with Crippen molar-refractivity contribution in [2.75, 3.05) is 23.3 Å². The van der Waals surface area contributed by atoms with Crippen LogP contribution in [0.1, 0.15) is 18.5 Å². The van der Waals surface area contributed by atoms with E-state index in [-0.39, 0.29) is 0 Å². The molecule has 4 heteroatoms. The maximum absolute atomic E-state index is 4.17. The average Bonchev–Trinajstić information content (AvgIpc) is 3.09. The SMILES string of the molecule is Cn1nccc1CNc1ccc(N2CCCC2)cc1. The van der Waals surface area contributed by atoms with Gasteiger partial charge in [0, 0.05) is 37.7 Å². The average molecular weight is 256 g/mol. The van der Waals surface area contributed by atoms with Crippen LogP contribution in [0.5, 0.6) is 0 Å². The maximum Gasteiger partial charge on any atom is 0.0571 e. The Labute approximate surface area is 114 Å². The van der Waals surface area contributed by atoms with Crippen LogP contribution in [0.3, 0.4) is 0 Å². The van der Waals surface area contributed by atoms with Gasteiger partial charge >= 0.3 is 0 Å². The van der Waals surface area contributed by atoms with Gasteiger partial charge in [-0.15, -0.1) is 0 Å². The standard InChI is InChI=1S/C15H20N4/c1-18-15(8-9-17-18)12-16-13-4-6-14(7-5-13)19-10-2-3-11-19/h4-9,16H,2-3,10-12H2,1H3. The normalized spacial score (nSPS) is 14.9. The van der Waals surface area contributed by atoms with Crippen molar-refractivity contribution in [2.45, 2.75) is 19.4 Å². The highest BCUT2D eigenvalue weighted by molar-refractivity contribution is 5.55. The summed E-state index contributed by atoms with van der Waals surface area (Å²) in [6.45, 7) is 3.20. The summed E-state index contributed by atoms with van der Waals surface area (Å²) in [5.41, 5.74) is 3.68. The monoisotopic (exact) mass is 256 g/mol. The largest absolute Gasteiger partial charge is 0.379 e. The third-order valence-corrected chi connectivity index (χ3v) is 3.73. The lowest BCUT2D eigenvalue weighted by Gasteiger charge is -2.18. The lowest BCUT2D eigenvalue weighted by molar-refractivity contribution is 0.720. The van der Waals surface area contributed by atoms with Gasteiger partial charge in [-0.05, 0) is 43.2 Å². The van der Waals surface area contributed by atoms with Gasteiger partial charge in [0.1, 0.15) is 0 Å². The van der Waals surface area contributed by atoms with E-state index in [1.54, 1.807) is 0 Å². The minimum absolute atomic E-state index is 0.805. The van der Waals surface area contributed by atoms with Gasteiger partial charge in [-0.25, -0.2) is 0 Å². The number of hydrogen-bond acceptors (Lipinski definition) is 3. The Bertz CT molecular complexity index is 523. The second-order valence-electron chi connectivity index (χ2n) is 5.04. The highest BCUT2D eigenvalue weighted by Gasteiger charge is 2.11. The van der Waals surface area contributed by atoms with E-state index in [2.05, 4.69) is 39.6 Å². The predicted octanol–water partition coefficient (Wildman–Crippen LogP) is 2.63. The molecule has 1 fully saturated rings. The molecule has 4 nitrogen and oxygen atoms in total. The van der Waals surface area contributed by atoms with Crippen molar-refractivity contribution in [3.63, 3.8) is 0 Å². The van der Waals surface area contributed by atoms with Crippen LogP contribution in [-0.4, -0.2) is 22.9 Å². The Kier molecular flexibility index (Phi) is 3.40. The molecule has 0 radical (unpaired) electrons. The van der Waals surface area contributed by atoms with Gasteiger partial charge in [0.25, 0.3) is 0 Å². The highest BCUT2D eigenvalue weighted by atomic mass is 15.3. The van der Waals surface area contributed by atoms with Crippen molar-refractivity contribution >= 4 is 11.4 Å². The molecule has 0 bridgehead atoms. The molecule has 2 aromatic rings. The van der Waals surface area contributed by atoms with Crippen LogP contribution in [0.4, 0.5) is 11.4 Å². The van der Waals surface area contributed by atoms with Gasteiger partial charge in [0.15, 0.2) is 0 Å². The Hall–Kier alpha value is -1.97. The molecule has 19 heavy (non-hydrogen) atoms. The fourth-order valence-corrected chi connectivity index (χ4v) is 2.53. The minimum Gasteiger partial charge on any atom is -0.379 e. The van der Waals surface area contributed by atoms with E-state index in [1.807, 2.05) is 24.0 Å². The van der Waals surface area contributed by atoms with E-state index in [9.17, 15) is 0 Å². The number of benzene rings is 1. The fourth-order valence-electron chi connectivity index (χ4n) is 2.53. The molecule has 1 aromatic heterocycles. The van der Waals surface area contributed by atoms with Crippen molar-refractivity contribution in [3.05, 3.63) is 42.2 Å². The van der Waals surface area contributed by atoms with Crippen molar-refractivity contribution in [3.8, 4) is 0 Å². The zero-order valence-corrected chi connectivity index (χ0v) is 11.3. The molecule has 0 aliphatic carbocycles. The third kappa shape index (κ3) is 2.72. The number of rotatable bonds is 4. The molecule has 100 valence electrons. The van der Waals surface area contributed by atoms with Crippen LogP contribution in [0.25, 0.3) is 0 Å². The summed E-state index contributed by atoms with van der Waals surface area (Å²) in [5.74, 6) is 0. The molecule has 1 aliphatic heterocycles. The quantitative estimate of drug-likeness (QED) is 0.913. The van der Waals surface area contributed by atoms with Gasteiger partial charge in [0.05, 0.1) is 12.2 Å². The molecular weight excluding hydrogens is 236 g/mol. The summed E-state index contributed by atoms with van der Waals surface area (Å²) in [4.78, 5) is 2.45. The van der Waals surface area contributed by atoms with Crippen LogP contribution in [0.2, 0.25) is 0 Å². The molecule has 0 amide bonds. The number of aromatic nitrogens is 2. The maximum atomic E-state index is 4.17. The molecule has 0 unspecified atom stereocenters. The van der Waals surface area contributed by atoms with Gasteiger partial charge in [0.2, 0.25) is 0 Å². The van der Waals surface area contributed by atoms with Crippen LogP contribution in [0, 0.1) is 0 Å². The summed E-state index contributed by atoms with van der Waals surface area (Å²) < 4.78 is 1.89. The number of nitrogens with zero attached hydrogens (tertiary/aromatic N) is 3. The van der Waals surface area contributed by atoms with Crippen LogP contribution in [0.15, 0.2) is 36.5 Å². The summed E-state index contributed by atoms with van der Waals surface area (Å²) in [6, 6.07) is 10.8. The first-order valence-corrected chi connectivity index (χ1v) is 6.89. The van der Waals surface area contributed by atoms with Gasteiger partial charge in [-0.2, -0.15) is 5.10 Å². The Morgan fingerprint density at radius 3 is 2.47 bits per heavy atom. The fraction of sp³-hybridized carbons (Fsp3) is 0.400. The molecule has 3 rings (SSSR count). The van der Waals surface area contributed by atoms with Crippen LogP contribution in [-0.2, 0) is 13.6 Å². The Balaban J connectivity index is 1.61. The first-order chi connectivity index (χ1) is 9.33. The predicted molar refractivity (Wildman–Crippen MR) is 78.4 cm³/mol. The lowest BCUT2D eigenvalue weighted by atomic mass is 10.2. The number of anilines is 2. The van der Waals surface area contributed by atoms with Crippen LogP contribution < -0.4 is 10.2 Å². The molecule has 0 atom stereocenters. The van der Waals surface area contributed by atoms with E-state index in [1.165, 1.54) is 37.3 Å². The second-order valence-corrected chi connectivity index (χ2v) is 5.04. The number of aryl methyl sites for hydroxylation is 1. The second kappa shape index (κ2) is 5.34. The molecule has 1 aromatic carbocycles. The van der Waals surface area contributed by atoms with E-state index in [0.29, 0.717) is 0 Å². The number of hydrogen-bond donors (Lipinski definition) is 1. The molecule has 1 N–H and O–H groups in total. The van der Waals surface area contributed by atoms with Crippen molar-refractivity contribution < 1.29 is 0 Å². The van der Waals surface area contributed by atoms with Gasteiger partial charge in [-0.1, -0.05) is 0 Å². The van der Waals surface area contributed by atoms with E-state index in [4.69, 9.17) is 0 Å². The van der Waals surface area contributed by atoms with Gasteiger partial charge in [-0.3, -0.25) is 4.68 Å². The van der Waals surface area contributed by atoms with E-state index in [0.717, 1.165) is 12.2 Å². The topological polar surface area (TPSA) is 33.1 Å². The first-order valence-electron chi connectivity index (χ1n) is 6.89. The molecular formula is C15H20N4. The summed E-state index contributed by atoms with van der Waals surface area (Å²) in [5, 5.41) is 7.59. The zero-order chi connectivity index (χ0) is 13.1. The van der Waals surface area contributed by atoms with E-state index < -0.39 is 0 Å². The Morgan fingerprint density at radius 1 is 1.11 bits per heavy atom. The Morgan fingerprint density at radius 2 is 1.84 bits per heavy atom. The van der Waals surface area contributed by atoms with Gasteiger partial charge < -0.3 is 10.2 Å². The minimum atomic E-state index is 0.805. The molecule has 1 aliphatic rings. The van der Waals surface area contributed by atoms with E-state index >= 15 is 0 Å². The smallest absolute Gasteiger partial charge is 0.0571 e. The van der Waals surface area contributed by atoms with Crippen LogP contribution >= 0.6 is 0 Å². The molecule has 0 saturated carbocycles.